The summed E-state index contributed by atoms with van der Waals surface area (Å²) in [5, 5.41) is 0. The first-order valence-electron chi connectivity index (χ1n) is 3.68. The highest BCUT2D eigenvalue weighted by molar-refractivity contribution is 4.72. The number of hydrogen-bond acceptors (Lipinski definition) is 2. The molecule has 0 spiro atoms. The Bertz CT molecular complexity index is 106. The van der Waals surface area contributed by atoms with Crippen molar-refractivity contribution in [2.45, 2.75) is 19.4 Å². The summed E-state index contributed by atoms with van der Waals surface area (Å²) in [5.41, 5.74) is 0. The average Bonchev–Trinajstić information content (AvgIpc) is 2.38. The molecule has 1 saturated heterocycles. The van der Waals surface area contributed by atoms with Crippen molar-refractivity contribution in [1.29, 1.82) is 0 Å². The minimum atomic E-state index is 0.264. The molecule has 1 aliphatic heterocycles. The third-order valence-electron chi connectivity index (χ3n) is 1.94. The van der Waals surface area contributed by atoms with Gasteiger partial charge in [-0.2, -0.15) is 0 Å². The van der Waals surface area contributed by atoms with Gasteiger partial charge in [0.2, 0.25) is 0 Å². The SMILES string of the molecule is C=COC(C)C1CCOC1. The van der Waals surface area contributed by atoms with E-state index in [-0.39, 0.29) is 6.10 Å². The van der Waals surface area contributed by atoms with E-state index in [1.54, 1.807) is 0 Å². The summed E-state index contributed by atoms with van der Waals surface area (Å²) < 4.78 is 10.4. The summed E-state index contributed by atoms with van der Waals surface area (Å²) in [7, 11) is 0. The summed E-state index contributed by atoms with van der Waals surface area (Å²) in [6.45, 7) is 7.29. The largest absolute Gasteiger partial charge is 0.499 e. The smallest absolute Gasteiger partial charge is 0.100 e. The Hall–Kier alpha value is -0.500. The van der Waals surface area contributed by atoms with Gasteiger partial charge in [-0.05, 0) is 13.3 Å². The Morgan fingerprint density at radius 1 is 1.80 bits per heavy atom. The molecule has 2 atom stereocenters. The van der Waals surface area contributed by atoms with Crippen LogP contribution in [0, 0.1) is 5.92 Å². The average molecular weight is 142 g/mol. The highest BCUT2D eigenvalue weighted by atomic mass is 16.5. The molecule has 1 aliphatic rings. The van der Waals surface area contributed by atoms with Crippen LogP contribution in [0.2, 0.25) is 0 Å². The first-order chi connectivity index (χ1) is 4.84. The highest BCUT2D eigenvalue weighted by Crippen LogP contribution is 2.18. The predicted molar refractivity (Wildman–Crippen MR) is 39.7 cm³/mol. The van der Waals surface area contributed by atoms with Crippen LogP contribution in [0.15, 0.2) is 12.8 Å². The second kappa shape index (κ2) is 3.62. The van der Waals surface area contributed by atoms with Crippen molar-refractivity contribution < 1.29 is 9.47 Å². The van der Waals surface area contributed by atoms with Crippen molar-refractivity contribution in [2.75, 3.05) is 13.2 Å². The van der Waals surface area contributed by atoms with Crippen LogP contribution in [0.3, 0.4) is 0 Å². The Morgan fingerprint density at radius 2 is 2.60 bits per heavy atom. The summed E-state index contributed by atoms with van der Waals surface area (Å²) in [6, 6.07) is 0. The van der Waals surface area contributed by atoms with Crippen LogP contribution in [0.4, 0.5) is 0 Å². The molecule has 1 heterocycles. The zero-order valence-electron chi connectivity index (χ0n) is 6.38. The lowest BCUT2D eigenvalue weighted by Crippen LogP contribution is -2.18. The van der Waals surface area contributed by atoms with Crippen LogP contribution in [-0.4, -0.2) is 19.3 Å². The van der Waals surface area contributed by atoms with Gasteiger partial charge in [-0.3, -0.25) is 0 Å². The van der Waals surface area contributed by atoms with Crippen molar-refractivity contribution in [3.8, 4) is 0 Å². The molecule has 0 amide bonds. The molecular formula is C8H14O2. The maximum atomic E-state index is 5.21. The zero-order valence-corrected chi connectivity index (χ0v) is 6.38. The number of hydrogen-bond donors (Lipinski definition) is 0. The van der Waals surface area contributed by atoms with Crippen LogP contribution >= 0.6 is 0 Å². The van der Waals surface area contributed by atoms with E-state index in [0.717, 1.165) is 19.6 Å². The van der Waals surface area contributed by atoms with Crippen LogP contribution in [0.5, 0.6) is 0 Å². The van der Waals surface area contributed by atoms with E-state index >= 15 is 0 Å². The van der Waals surface area contributed by atoms with E-state index in [0.29, 0.717) is 5.92 Å². The fourth-order valence-corrected chi connectivity index (χ4v) is 1.19. The number of rotatable bonds is 3. The van der Waals surface area contributed by atoms with Gasteiger partial charge in [-0.25, -0.2) is 0 Å². The molecule has 0 aromatic heterocycles. The van der Waals surface area contributed by atoms with Crippen LogP contribution in [0.25, 0.3) is 0 Å². The molecule has 10 heavy (non-hydrogen) atoms. The van der Waals surface area contributed by atoms with Gasteiger partial charge in [0.15, 0.2) is 0 Å². The van der Waals surface area contributed by atoms with Crippen molar-refractivity contribution in [1.82, 2.24) is 0 Å². The number of ether oxygens (including phenoxy) is 2. The summed E-state index contributed by atoms with van der Waals surface area (Å²) >= 11 is 0. The van der Waals surface area contributed by atoms with E-state index in [9.17, 15) is 0 Å². The van der Waals surface area contributed by atoms with Gasteiger partial charge >= 0.3 is 0 Å². The molecular weight excluding hydrogens is 128 g/mol. The summed E-state index contributed by atoms with van der Waals surface area (Å²) in [4.78, 5) is 0. The van der Waals surface area contributed by atoms with Gasteiger partial charge in [-0.1, -0.05) is 6.58 Å². The fraction of sp³-hybridized carbons (Fsp3) is 0.750. The van der Waals surface area contributed by atoms with Crippen molar-refractivity contribution >= 4 is 0 Å². The molecule has 1 fully saturated rings. The molecule has 0 aromatic carbocycles. The first kappa shape index (κ1) is 7.61. The lowest BCUT2D eigenvalue weighted by atomic mass is 10.0. The highest BCUT2D eigenvalue weighted by Gasteiger charge is 2.22. The third-order valence-corrected chi connectivity index (χ3v) is 1.94. The van der Waals surface area contributed by atoms with Gasteiger partial charge in [0.1, 0.15) is 6.10 Å². The predicted octanol–water partition coefficient (Wildman–Crippen LogP) is 1.57. The molecule has 0 aromatic rings. The second-order valence-corrected chi connectivity index (χ2v) is 2.63. The topological polar surface area (TPSA) is 18.5 Å². The Labute approximate surface area is 61.8 Å². The molecule has 2 unspecified atom stereocenters. The zero-order chi connectivity index (χ0) is 7.40. The van der Waals surface area contributed by atoms with E-state index in [1.807, 2.05) is 0 Å². The monoisotopic (exact) mass is 142 g/mol. The lowest BCUT2D eigenvalue weighted by molar-refractivity contribution is 0.0887. The lowest BCUT2D eigenvalue weighted by Gasteiger charge is -2.16. The quantitative estimate of drug-likeness (QED) is 0.557. The third kappa shape index (κ3) is 1.74. The molecule has 0 aliphatic carbocycles. The van der Waals surface area contributed by atoms with Gasteiger partial charge in [0.25, 0.3) is 0 Å². The minimum Gasteiger partial charge on any atom is -0.499 e. The van der Waals surface area contributed by atoms with Crippen molar-refractivity contribution in [3.63, 3.8) is 0 Å². The van der Waals surface area contributed by atoms with E-state index in [2.05, 4.69) is 13.5 Å². The molecule has 2 nitrogen and oxygen atoms in total. The van der Waals surface area contributed by atoms with Gasteiger partial charge in [-0.15, -0.1) is 0 Å². The Morgan fingerprint density at radius 3 is 3.10 bits per heavy atom. The van der Waals surface area contributed by atoms with Crippen LogP contribution in [-0.2, 0) is 9.47 Å². The van der Waals surface area contributed by atoms with Gasteiger partial charge < -0.3 is 9.47 Å². The molecule has 58 valence electrons. The van der Waals surface area contributed by atoms with E-state index in [4.69, 9.17) is 9.47 Å². The van der Waals surface area contributed by atoms with Crippen molar-refractivity contribution in [2.24, 2.45) is 5.92 Å². The summed E-state index contributed by atoms with van der Waals surface area (Å²) in [5.74, 6) is 0.568. The maximum absolute atomic E-state index is 5.21. The molecule has 1 rings (SSSR count). The Kier molecular flexibility index (Phi) is 2.75. The normalized spacial score (nSPS) is 27.9. The molecule has 0 radical (unpaired) electrons. The Balaban J connectivity index is 2.24. The van der Waals surface area contributed by atoms with Gasteiger partial charge in [0.05, 0.1) is 12.9 Å². The maximum Gasteiger partial charge on any atom is 0.100 e. The second-order valence-electron chi connectivity index (χ2n) is 2.63. The molecule has 2 heteroatoms. The van der Waals surface area contributed by atoms with Gasteiger partial charge in [0, 0.05) is 12.5 Å². The molecule has 0 N–H and O–H groups in total. The molecule has 0 saturated carbocycles. The fourth-order valence-electron chi connectivity index (χ4n) is 1.19. The first-order valence-corrected chi connectivity index (χ1v) is 3.68. The van der Waals surface area contributed by atoms with Crippen LogP contribution in [0.1, 0.15) is 13.3 Å². The van der Waals surface area contributed by atoms with E-state index < -0.39 is 0 Å². The minimum absolute atomic E-state index is 0.264. The van der Waals surface area contributed by atoms with E-state index in [1.165, 1.54) is 6.26 Å². The van der Waals surface area contributed by atoms with Crippen LogP contribution < -0.4 is 0 Å². The summed E-state index contributed by atoms with van der Waals surface area (Å²) in [6.07, 6.45) is 2.89. The standard InChI is InChI=1S/C8H14O2/c1-3-10-7(2)8-4-5-9-6-8/h3,7-8H,1,4-6H2,2H3. The van der Waals surface area contributed by atoms with Crippen molar-refractivity contribution in [3.05, 3.63) is 12.8 Å². The molecule has 0 bridgehead atoms.